The largest absolute Gasteiger partial charge is 0.478 e. The molecule has 4 nitrogen and oxygen atoms in total. The molecule has 2 rings (SSSR count). The van der Waals surface area contributed by atoms with Gasteiger partial charge in [0.15, 0.2) is 0 Å². The number of aromatic nitrogens is 1. The van der Waals surface area contributed by atoms with Crippen LogP contribution in [0.5, 0.6) is 0 Å². The Labute approximate surface area is 85.2 Å². The van der Waals surface area contributed by atoms with Crippen molar-refractivity contribution >= 4 is 16.9 Å². The number of carboxylic acids is 1. The fourth-order valence-corrected chi connectivity index (χ4v) is 1.63. The molecule has 0 saturated heterocycles. The molecule has 0 aliphatic heterocycles. The van der Waals surface area contributed by atoms with E-state index in [1.807, 2.05) is 0 Å². The van der Waals surface area contributed by atoms with Gasteiger partial charge >= 0.3 is 5.97 Å². The molecule has 1 aromatic heterocycles. The van der Waals surface area contributed by atoms with Crippen LogP contribution in [0.4, 0.5) is 0 Å². The van der Waals surface area contributed by atoms with Gasteiger partial charge in [-0.15, -0.1) is 0 Å². The predicted molar refractivity (Wildman–Crippen MR) is 56.3 cm³/mol. The smallest absolute Gasteiger partial charge is 0.337 e. The number of pyridine rings is 1. The Morgan fingerprint density at radius 1 is 1.40 bits per heavy atom. The molecule has 0 radical (unpaired) electrons. The van der Waals surface area contributed by atoms with Gasteiger partial charge in [0, 0.05) is 11.5 Å². The lowest BCUT2D eigenvalue weighted by Gasteiger charge is -2.03. The molecular formula is C11H9NO3. The quantitative estimate of drug-likeness (QED) is 0.738. The summed E-state index contributed by atoms with van der Waals surface area (Å²) in [5.41, 5.74) is 0.994. The minimum absolute atomic E-state index is 0.119. The summed E-state index contributed by atoms with van der Waals surface area (Å²) in [6, 6.07) is 6.37. The maximum atomic E-state index is 11.2. The fraction of sp³-hybridized carbons (Fsp3) is 0.0909. The summed E-state index contributed by atoms with van der Waals surface area (Å²) < 4.78 is 0. The van der Waals surface area contributed by atoms with Gasteiger partial charge in [0.05, 0.1) is 11.1 Å². The Bertz CT molecular complexity index is 598. The van der Waals surface area contributed by atoms with Crippen molar-refractivity contribution in [1.82, 2.24) is 4.98 Å². The summed E-state index contributed by atoms with van der Waals surface area (Å²) in [5, 5.41) is 9.70. The zero-order chi connectivity index (χ0) is 11.0. The maximum absolute atomic E-state index is 11.2. The minimum atomic E-state index is -1.04. The fourth-order valence-electron chi connectivity index (χ4n) is 1.63. The van der Waals surface area contributed by atoms with Gasteiger partial charge < -0.3 is 10.1 Å². The van der Waals surface area contributed by atoms with Crippen molar-refractivity contribution in [3.05, 3.63) is 45.7 Å². The van der Waals surface area contributed by atoms with Crippen LogP contribution in [0.3, 0.4) is 0 Å². The number of carbonyl (C=O) groups is 1. The molecule has 76 valence electrons. The zero-order valence-corrected chi connectivity index (χ0v) is 8.07. The van der Waals surface area contributed by atoms with Gasteiger partial charge in [-0.1, -0.05) is 12.1 Å². The molecule has 0 bridgehead atoms. The van der Waals surface area contributed by atoms with Gasteiger partial charge in [-0.25, -0.2) is 4.79 Å². The van der Waals surface area contributed by atoms with Crippen LogP contribution in [0.25, 0.3) is 10.9 Å². The highest BCUT2D eigenvalue weighted by atomic mass is 16.4. The van der Waals surface area contributed by atoms with E-state index >= 15 is 0 Å². The van der Waals surface area contributed by atoms with Crippen molar-refractivity contribution in [2.45, 2.75) is 6.92 Å². The first-order valence-corrected chi connectivity index (χ1v) is 4.45. The lowest BCUT2D eigenvalue weighted by Crippen LogP contribution is -2.08. The molecule has 0 saturated carbocycles. The third-order valence-corrected chi connectivity index (χ3v) is 2.32. The van der Waals surface area contributed by atoms with Gasteiger partial charge in [0.2, 0.25) is 5.56 Å². The van der Waals surface area contributed by atoms with Crippen molar-refractivity contribution in [2.24, 2.45) is 0 Å². The van der Waals surface area contributed by atoms with Crippen LogP contribution in [0.2, 0.25) is 0 Å². The van der Waals surface area contributed by atoms with Crippen molar-refractivity contribution in [2.75, 3.05) is 0 Å². The molecule has 2 aromatic rings. The summed E-state index contributed by atoms with van der Waals surface area (Å²) >= 11 is 0. The van der Waals surface area contributed by atoms with Crippen LogP contribution in [-0.2, 0) is 0 Å². The van der Waals surface area contributed by atoms with E-state index in [4.69, 9.17) is 5.11 Å². The average molecular weight is 203 g/mol. The highest BCUT2D eigenvalue weighted by Crippen LogP contribution is 2.17. The second-order valence-electron chi connectivity index (χ2n) is 3.35. The number of rotatable bonds is 1. The molecule has 0 spiro atoms. The van der Waals surface area contributed by atoms with Gasteiger partial charge in [0.25, 0.3) is 0 Å². The number of aromatic amines is 1. The van der Waals surface area contributed by atoms with Crippen molar-refractivity contribution < 1.29 is 9.90 Å². The number of H-pyrrole nitrogens is 1. The van der Waals surface area contributed by atoms with Crippen molar-refractivity contribution in [1.29, 1.82) is 0 Å². The topological polar surface area (TPSA) is 70.2 Å². The minimum Gasteiger partial charge on any atom is -0.478 e. The number of hydrogen-bond acceptors (Lipinski definition) is 2. The molecule has 15 heavy (non-hydrogen) atoms. The molecule has 0 atom stereocenters. The van der Waals surface area contributed by atoms with Gasteiger partial charge in [0.1, 0.15) is 0 Å². The number of hydrogen-bond donors (Lipinski definition) is 2. The number of benzene rings is 1. The average Bonchev–Trinajstić information content (AvgIpc) is 2.16. The van der Waals surface area contributed by atoms with Crippen LogP contribution in [-0.4, -0.2) is 16.1 Å². The number of aromatic carboxylic acids is 1. The first-order chi connectivity index (χ1) is 7.09. The normalized spacial score (nSPS) is 10.5. The van der Waals surface area contributed by atoms with Gasteiger partial charge in [-0.2, -0.15) is 0 Å². The molecule has 0 amide bonds. The summed E-state index contributed by atoms with van der Waals surface area (Å²) in [4.78, 5) is 24.7. The van der Waals surface area contributed by atoms with Crippen LogP contribution >= 0.6 is 0 Å². The molecule has 0 aliphatic rings. The van der Waals surface area contributed by atoms with Crippen molar-refractivity contribution in [3.8, 4) is 0 Å². The molecular weight excluding hydrogens is 194 g/mol. The van der Waals surface area contributed by atoms with Crippen LogP contribution in [0.15, 0.2) is 29.1 Å². The molecule has 4 heteroatoms. The van der Waals surface area contributed by atoms with E-state index < -0.39 is 5.97 Å². The molecule has 1 aromatic carbocycles. The summed E-state index contributed by atoms with van der Waals surface area (Å²) in [6.45, 7) is 1.78. The third kappa shape index (κ3) is 1.50. The van der Waals surface area contributed by atoms with Gasteiger partial charge in [-0.3, -0.25) is 4.79 Å². The Balaban J connectivity index is 2.97. The predicted octanol–water partition coefficient (Wildman–Crippen LogP) is 1.53. The van der Waals surface area contributed by atoms with E-state index in [0.717, 1.165) is 10.9 Å². The Kier molecular flexibility index (Phi) is 2.04. The highest BCUT2D eigenvalue weighted by molar-refractivity contribution is 6.02. The third-order valence-electron chi connectivity index (χ3n) is 2.32. The second-order valence-corrected chi connectivity index (χ2v) is 3.35. The SMILES string of the molecule is Cc1cc(=O)[nH]c2c(C(=O)O)cccc12. The lowest BCUT2D eigenvalue weighted by molar-refractivity contribution is 0.0699. The molecule has 2 N–H and O–H groups in total. The molecule has 1 heterocycles. The first-order valence-electron chi connectivity index (χ1n) is 4.45. The van der Waals surface area contributed by atoms with E-state index in [2.05, 4.69) is 4.98 Å². The molecule has 0 unspecified atom stereocenters. The summed E-state index contributed by atoms with van der Waals surface area (Å²) in [5.74, 6) is -1.04. The number of aryl methyl sites for hydroxylation is 1. The van der Waals surface area contributed by atoms with E-state index in [1.165, 1.54) is 12.1 Å². The lowest BCUT2D eigenvalue weighted by atomic mass is 10.1. The van der Waals surface area contributed by atoms with E-state index in [1.54, 1.807) is 19.1 Å². The van der Waals surface area contributed by atoms with Gasteiger partial charge in [-0.05, 0) is 18.6 Å². The number of para-hydroxylation sites is 1. The van der Waals surface area contributed by atoms with Crippen LogP contribution in [0.1, 0.15) is 15.9 Å². The van der Waals surface area contributed by atoms with Crippen molar-refractivity contribution in [3.63, 3.8) is 0 Å². The van der Waals surface area contributed by atoms with Crippen LogP contribution < -0.4 is 5.56 Å². The van der Waals surface area contributed by atoms with E-state index in [-0.39, 0.29) is 11.1 Å². The maximum Gasteiger partial charge on any atom is 0.337 e. The summed E-state index contributed by atoms with van der Waals surface area (Å²) in [6.07, 6.45) is 0. The number of nitrogens with one attached hydrogen (secondary N) is 1. The Morgan fingerprint density at radius 3 is 2.80 bits per heavy atom. The number of carboxylic acid groups (broad SMARTS) is 1. The van der Waals surface area contributed by atoms with E-state index in [9.17, 15) is 9.59 Å². The second kappa shape index (κ2) is 3.24. The number of fused-ring (bicyclic) bond motifs is 1. The van der Waals surface area contributed by atoms with E-state index in [0.29, 0.717) is 5.52 Å². The highest BCUT2D eigenvalue weighted by Gasteiger charge is 2.09. The molecule has 0 fully saturated rings. The Morgan fingerprint density at radius 2 is 2.13 bits per heavy atom. The molecule has 0 aliphatic carbocycles. The zero-order valence-electron chi connectivity index (χ0n) is 8.07. The first kappa shape index (κ1) is 9.45. The standard InChI is InChI=1S/C11H9NO3/c1-6-5-9(13)12-10-7(6)3-2-4-8(10)11(14)15/h2-5H,1H3,(H,12,13)(H,14,15). The Hall–Kier alpha value is -2.10. The van der Waals surface area contributed by atoms with Crippen LogP contribution in [0, 0.1) is 6.92 Å². The summed E-state index contributed by atoms with van der Waals surface area (Å²) in [7, 11) is 0. The monoisotopic (exact) mass is 203 g/mol.